The summed E-state index contributed by atoms with van der Waals surface area (Å²) in [5.41, 5.74) is 1.24. The smallest absolute Gasteiger partial charge is 0.388 e. The zero-order chi connectivity index (χ0) is 14.1. The van der Waals surface area contributed by atoms with Gasteiger partial charge in [-0.05, 0) is 12.1 Å². The van der Waals surface area contributed by atoms with Crippen LogP contribution in [-0.2, 0) is 0 Å². The van der Waals surface area contributed by atoms with Gasteiger partial charge in [0.15, 0.2) is 0 Å². The number of fused-ring (bicyclic) bond motifs is 1. The van der Waals surface area contributed by atoms with Crippen LogP contribution in [0.3, 0.4) is 0 Å². The monoisotopic (exact) mass is 280 g/mol. The van der Waals surface area contributed by atoms with Gasteiger partial charge in [-0.15, -0.1) is 0 Å². The molecule has 5 nitrogen and oxygen atoms in total. The summed E-state index contributed by atoms with van der Waals surface area (Å²) in [5.74, 6) is -0.721. The second kappa shape index (κ2) is 4.80. The van der Waals surface area contributed by atoms with E-state index in [-0.39, 0.29) is 11.4 Å². The minimum absolute atomic E-state index is 0.247. The highest BCUT2D eigenvalue weighted by Crippen LogP contribution is 2.27. The van der Waals surface area contributed by atoms with E-state index in [0.717, 1.165) is 6.20 Å². The molecule has 0 atom stereocenters. The van der Waals surface area contributed by atoms with Crippen LogP contribution in [0, 0.1) is 5.82 Å². The highest BCUT2D eigenvalue weighted by atomic mass is 19.3. The van der Waals surface area contributed by atoms with E-state index in [0.29, 0.717) is 16.6 Å². The van der Waals surface area contributed by atoms with E-state index in [2.05, 4.69) is 24.9 Å². The molecule has 0 saturated carbocycles. The average molecular weight is 280 g/mol. The summed E-state index contributed by atoms with van der Waals surface area (Å²) in [4.78, 5) is 7.70. The van der Waals surface area contributed by atoms with E-state index in [1.165, 1.54) is 24.5 Å². The van der Waals surface area contributed by atoms with Crippen molar-refractivity contribution < 1.29 is 17.9 Å². The fraction of sp³-hybridized carbons (Fsp3) is 0.0833. The zero-order valence-electron chi connectivity index (χ0n) is 9.85. The highest BCUT2D eigenvalue weighted by Gasteiger charge is 2.12. The van der Waals surface area contributed by atoms with E-state index < -0.39 is 12.4 Å². The number of aromatic amines is 1. The Labute approximate surface area is 110 Å². The number of ether oxygens (including phenoxy) is 1. The van der Waals surface area contributed by atoms with Crippen molar-refractivity contribution in [3.8, 4) is 17.1 Å². The third-order valence-corrected chi connectivity index (χ3v) is 2.68. The number of rotatable bonds is 3. The molecule has 0 aliphatic rings. The Morgan fingerprint density at radius 3 is 2.65 bits per heavy atom. The predicted molar refractivity (Wildman–Crippen MR) is 63.7 cm³/mol. The first-order valence-corrected chi connectivity index (χ1v) is 5.54. The molecule has 2 aromatic heterocycles. The first-order valence-electron chi connectivity index (χ1n) is 5.54. The molecular formula is C12H7F3N4O. The van der Waals surface area contributed by atoms with Crippen LogP contribution < -0.4 is 4.74 Å². The molecule has 3 aromatic rings. The minimum Gasteiger partial charge on any atom is -0.415 e. The van der Waals surface area contributed by atoms with Gasteiger partial charge in [0, 0.05) is 10.9 Å². The number of hydrogen-bond acceptors (Lipinski definition) is 4. The van der Waals surface area contributed by atoms with Gasteiger partial charge >= 0.3 is 6.61 Å². The molecular weight excluding hydrogens is 273 g/mol. The molecule has 1 N–H and O–H groups in total. The predicted octanol–water partition coefficient (Wildman–Crippen LogP) is 2.76. The van der Waals surface area contributed by atoms with Gasteiger partial charge in [-0.1, -0.05) is 0 Å². The van der Waals surface area contributed by atoms with Crippen LogP contribution in [0.1, 0.15) is 0 Å². The lowest BCUT2D eigenvalue weighted by atomic mass is 10.1. The van der Waals surface area contributed by atoms with Crippen LogP contribution in [0.2, 0.25) is 0 Å². The van der Waals surface area contributed by atoms with Crippen LogP contribution in [0.15, 0.2) is 30.7 Å². The van der Waals surface area contributed by atoms with Crippen molar-refractivity contribution in [1.82, 2.24) is 20.2 Å². The molecule has 0 amide bonds. The fourth-order valence-electron chi connectivity index (χ4n) is 1.83. The number of halogens is 3. The maximum absolute atomic E-state index is 13.5. The zero-order valence-corrected chi connectivity index (χ0v) is 9.85. The third kappa shape index (κ3) is 2.15. The quantitative estimate of drug-likeness (QED) is 0.801. The van der Waals surface area contributed by atoms with E-state index in [1.807, 2.05) is 0 Å². The number of H-pyrrole nitrogens is 1. The summed E-state index contributed by atoms with van der Waals surface area (Å²) in [5, 5.41) is 6.84. The molecule has 0 bridgehead atoms. The lowest BCUT2D eigenvalue weighted by Gasteiger charge is -2.05. The Bertz CT molecular complexity index is 742. The maximum Gasteiger partial charge on any atom is 0.388 e. The maximum atomic E-state index is 13.5. The molecule has 0 unspecified atom stereocenters. The molecule has 0 aliphatic heterocycles. The third-order valence-electron chi connectivity index (χ3n) is 2.68. The summed E-state index contributed by atoms with van der Waals surface area (Å²) in [6.07, 6.45) is 3.81. The number of nitrogens with zero attached hydrogens (tertiary/aromatic N) is 3. The molecule has 2 heterocycles. The fourth-order valence-corrected chi connectivity index (χ4v) is 1.83. The number of benzene rings is 1. The Morgan fingerprint density at radius 1 is 1.10 bits per heavy atom. The van der Waals surface area contributed by atoms with Crippen LogP contribution >= 0.6 is 0 Å². The second-order valence-corrected chi connectivity index (χ2v) is 3.87. The van der Waals surface area contributed by atoms with Gasteiger partial charge in [0.1, 0.15) is 11.3 Å². The van der Waals surface area contributed by atoms with E-state index >= 15 is 0 Å². The van der Waals surface area contributed by atoms with Crippen molar-refractivity contribution in [1.29, 1.82) is 0 Å². The highest BCUT2D eigenvalue weighted by molar-refractivity contribution is 5.93. The topological polar surface area (TPSA) is 63.7 Å². The van der Waals surface area contributed by atoms with Crippen molar-refractivity contribution >= 4 is 10.9 Å². The van der Waals surface area contributed by atoms with Gasteiger partial charge in [0.25, 0.3) is 0 Å². The van der Waals surface area contributed by atoms with Crippen LogP contribution in [0.4, 0.5) is 13.2 Å². The Hall–Kier alpha value is -2.64. The van der Waals surface area contributed by atoms with E-state index in [9.17, 15) is 13.2 Å². The molecule has 0 spiro atoms. The molecule has 3 rings (SSSR count). The SMILES string of the molecule is Fc1ccc(-c2cnc(OC(F)F)cn2)c2cn[nH]c12. The van der Waals surface area contributed by atoms with Gasteiger partial charge in [-0.3, -0.25) is 5.10 Å². The van der Waals surface area contributed by atoms with Crippen molar-refractivity contribution in [2.24, 2.45) is 0 Å². The molecule has 0 saturated heterocycles. The summed E-state index contributed by atoms with van der Waals surface area (Å²) < 4.78 is 41.6. The van der Waals surface area contributed by atoms with Crippen LogP contribution in [0.25, 0.3) is 22.2 Å². The molecule has 0 aliphatic carbocycles. The van der Waals surface area contributed by atoms with Crippen molar-refractivity contribution in [3.63, 3.8) is 0 Å². The van der Waals surface area contributed by atoms with Gasteiger partial charge < -0.3 is 4.74 Å². The molecule has 0 radical (unpaired) electrons. The van der Waals surface area contributed by atoms with E-state index in [4.69, 9.17) is 0 Å². The van der Waals surface area contributed by atoms with Gasteiger partial charge in [-0.2, -0.15) is 13.9 Å². The molecule has 8 heteroatoms. The first kappa shape index (κ1) is 12.4. The molecule has 0 fully saturated rings. The van der Waals surface area contributed by atoms with Crippen LogP contribution in [0.5, 0.6) is 5.88 Å². The Balaban J connectivity index is 2.03. The van der Waals surface area contributed by atoms with Crippen molar-refractivity contribution in [2.75, 3.05) is 0 Å². The molecule has 102 valence electrons. The average Bonchev–Trinajstić information content (AvgIpc) is 2.90. The molecule has 1 aromatic carbocycles. The summed E-state index contributed by atoms with van der Waals surface area (Å²) in [7, 11) is 0. The van der Waals surface area contributed by atoms with Crippen molar-refractivity contribution in [3.05, 3.63) is 36.5 Å². The normalized spacial score (nSPS) is 11.2. The number of alkyl halides is 2. The summed E-state index contributed by atoms with van der Waals surface area (Å²) >= 11 is 0. The lowest BCUT2D eigenvalue weighted by Crippen LogP contribution is -2.04. The molecule has 20 heavy (non-hydrogen) atoms. The summed E-state index contributed by atoms with van der Waals surface area (Å²) in [6, 6.07) is 2.78. The lowest BCUT2D eigenvalue weighted by molar-refractivity contribution is -0.0530. The van der Waals surface area contributed by atoms with Gasteiger partial charge in [0.2, 0.25) is 5.88 Å². The standard InChI is InChI=1S/C12H7F3N4O/c13-8-2-1-6(7-3-18-19-11(7)8)9-4-17-10(5-16-9)20-12(14)15/h1-5,12H,(H,18,19). The number of nitrogens with one attached hydrogen (secondary N) is 1. The van der Waals surface area contributed by atoms with Crippen LogP contribution in [-0.4, -0.2) is 26.8 Å². The van der Waals surface area contributed by atoms with Crippen molar-refractivity contribution in [2.45, 2.75) is 6.61 Å². The van der Waals surface area contributed by atoms with Gasteiger partial charge in [0.05, 0.1) is 24.3 Å². The minimum atomic E-state index is -2.96. The first-order chi connectivity index (χ1) is 9.65. The summed E-state index contributed by atoms with van der Waals surface area (Å²) in [6.45, 7) is -2.96. The number of aromatic nitrogens is 4. The number of hydrogen-bond donors (Lipinski definition) is 1. The Kier molecular flexibility index (Phi) is 2.97. The largest absolute Gasteiger partial charge is 0.415 e. The van der Waals surface area contributed by atoms with Gasteiger partial charge in [-0.25, -0.2) is 14.4 Å². The van der Waals surface area contributed by atoms with E-state index in [1.54, 1.807) is 0 Å². The second-order valence-electron chi connectivity index (χ2n) is 3.87. The Morgan fingerprint density at radius 2 is 1.95 bits per heavy atom.